The molecule has 4 aromatic rings. The predicted octanol–water partition coefficient (Wildman–Crippen LogP) is 6.20. The minimum absolute atomic E-state index is 0.346. The van der Waals surface area contributed by atoms with Crippen LogP contribution in [0.1, 0.15) is 36.3 Å². The SMILES string of the molecule is Cc1oc(-c2ccccc2)nc1CCCOc1ccc2cc(CC3(C(=O)N=O)CCCO3)ccc2c1. The van der Waals surface area contributed by atoms with Crippen LogP contribution in [0.2, 0.25) is 0 Å². The highest BCUT2D eigenvalue weighted by Crippen LogP contribution is 2.32. The van der Waals surface area contributed by atoms with Gasteiger partial charge in [0, 0.05) is 23.8 Å². The highest BCUT2D eigenvalue weighted by Gasteiger charge is 2.43. The molecule has 1 atom stereocenters. The second-order valence-electron chi connectivity index (χ2n) is 9.20. The predicted molar refractivity (Wildman–Crippen MR) is 137 cm³/mol. The van der Waals surface area contributed by atoms with E-state index in [-0.39, 0.29) is 0 Å². The molecule has 1 aliphatic heterocycles. The number of nitrogens with zero attached hydrogens (tertiary/aromatic N) is 2. The lowest BCUT2D eigenvalue weighted by atomic mass is 9.90. The minimum atomic E-state index is -1.12. The second-order valence-corrected chi connectivity index (χ2v) is 9.20. The molecule has 1 aromatic heterocycles. The van der Waals surface area contributed by atoms with Crippen molar-refractivity contribution in [2.45, 2.75) is 44.6 Å². The summed E-state index contributed by atoms with van der Waals surface area (Å²) in [7, 11) is 0. The van der Waals surface area contributed by atoms with Crippen LogP contribution in [0.3, 0.4) is 0 Å². The first-order valence-electron chi connectivity index (χ1n) is 12.3. The molecule has 0 radical (unpaired) electrons. The van der Waals surface area contributed by atoms with E-state index in [1.165, 1.54) is 0 Å². The largest absolute Gasteiger partial charge is 0.494 e. The molecule has 2 heterocycles. The average Bonchev–Trinajstić information content (AvgIpc) is 3.54. The number of hydrogen-bond acceptors (Lipinski definition) is 6. The molecule has 0 aliphatic carbocycles. The molecule has 0 bridgehead atoms. The third kappa shape index (κ3) is 5.06. The monoisotopic (exact) mass is 484 g/mol. The van der Waals surface area contributed by atoms with Crippen molar-refractivity contribution in [2.75, 3.05) is 13.2 Å². The van der Waals surface area contributed by atoms with Crippen molar-refractivity contribution in [1.29, 1.82) is 0 Å². The van der Waals surface area contributed by atoms with Crippen LogP contribution in [0.15, 0.2) is 76.3 Å². The van der Waals surface area contributed by atoms with Gasteiger partial charge in [-0.25, -0.2) is 4.98 Å². The third-order valence-corrected chi connectivity index (χ3v) is 6.68. The van der Waals surface area contributed by atoms with Crippen LogP contribution in [0, 0.1) is 11.8 Å². The van der Waals surface area contributed by atoms with Gasteiger partial charge in [-0.1, -0.05) is 42.5 Å². The van der Waals surface area contributed by atoms with E-state index in [2.05, 4.69) is 10.2 Å². The average molecular weight is 485 g/mol. The molecule has 1 saturated heterocycles. The van der Waals surface area contributed by atoms with Crippen LogP contribution in [0.5, 0.6) is 5.75 Å². The summed E-state index contributed by atoms with van der Waals surface area (Å²) in [5.74, 6) is 1.56. The standard InChI is InChI=1S/C29H28N2O5/c1-20-26(30-27(36-20)22-7-3-2-4-8-22)9-5-15-34-25-13-12-23-17-21(10-11-24(23)18-25)19-29(28(32)31-33)14-6-16-35-29/h2-4,7-8,10-13,17-18H,5-6,9,14-16,19H2,1H3. The van der Waals surface area contributed by atoms with Crippen LogP contribution in [-0.4, -0.2) is 29.7 Å². The van der Waals surface area contributed by atoms with Gasteiger partial charge in [-0.2, -0.15) is 0 Å². The summed E-state index contributed by atoms with van der Waals surface area (Å²) in [5, 5.41) is 4.72. The Morgan fingerprint density at radius 1 is 1.08 bits per heavy atom. The Labute approximate surface area is 209 Å². The smallest absolute Gasteiger partial charge is 0.318 e. The summed E-state index contributed by atoms with van der Waals surface area (Å²) in [6, 6.07) is 21.8. The van der Waals surface area contributed by atoms with Crippen molar-refractivity contribution in [3.05, 3.63) is 88.7 Å². The van der Waals surface area contributed by atoms with Crippen molar-refractivity contribution in [3.63, 3.8) is 0 Å². The maximum atomic E-state index is 12.1. The first kappa shape index (κ1) is 23.9. The number of rotatable bonds is 9. The van der Waals surface area contributed by atoms with Gasteiger partial charge in [-0.15, -0.1) is 4.91 Å². The Hall–Kier alpha value is -3.84. The summed E-state index contributed by atoms with van der Waals surface area (Å²) in [5.41, 5.74) is 1.74. The van der Waals surface area contributed by atoms with Crippen LogP contribution in [-0.2, 0) is 22.4 Å². The number of nitroso groups, excluding NO2 is 1. The van der Waals surface area contributed by atoms with Crippen molar-refractivity contribution in [3.8, 4) is 17.2 Å². The van der Waals surface area contributed by atoms with Crippen LogP contribution in [0.25, 0.3) is 22.2 Å². The van der Waals surface area contributed by atoms with Crippen LogP contribution < -0.4 is 4.74 Å². The summed E-state index contributed by atoms with van der Waals surface area (Å²) >= 11 is 0. The van der Waals surface area contributed by atoms with E-state index in [0.717, 1.165) is 58.4 Å². The summed E-state index contributed by atoms with van der Waals surface area (Å²) in [6.45, 7) is 2.98. The normalized spacial score (nSPS) is 17.4. The van der Waals surface area contributed by atoms with Gasteiger partial charge in [-0.05, 0) is 73.2 Å². The Morgan fingerprint density at radius 3 is 2.67 bits per heavy atom. The molecule has 3 aromatic carbocycles. The van der Waals surface area contributed by atoms with Crippen molar-refractivity contribution in [1.82, 2.24) is 4.98 Å². The lowest BCUT2D eigenvalue weighted by Gasteiger charge is -2.23. The van der Waals surface area contributed by atoms with Gasteiger partial charge >= 0.3 is 5.91 Å². The molecular weight excluding hydrogens is 456 g/mol. The van der Waals surface area contributed by atoms with Gasteiger partial charge in [-0.3, -0.25) is 4.79 Å². The van der Waals surface area contributed by atoms with E-state index in [1.807, 2.05) is 73.7 Å². The van der Waals surface area contributed by atoms with Gasteiger partial charge in [0.2, 0.25) is 5.89 Å². The molecule has 5 rings (SSSR count). The molecule has 1 unspecified atom stereocenters. The number of oxazole rings is 1. The Morgan fingerprint density at radius 2 is 1.89 bits per heavy atom. The zero-order valence-corrected chi connectivity index (χ0v) is 20.2. The second kappa shape index (κ2) is 10.4. The summed E-state index contributed by atoms with van der Waals surface area (Å²) in [4.78, 5) is 27.7. The molecule has 1 amide bonds. The number of carbonyl (C=O) groups excluding carboxylic acids is 1. The molecule has 7 heteroatoms. The van der Waals surface area contributed by atoms with Gasteiger partial charge in [0.1, 0.15) is 11.5 Å². The third-order valence-electron chi connectivity index (χ3n) is 6.68. The number of hydrogen-bond donors (Lipinski definition) is 0. The molecule has 0 N–H and O–H groups in total. The maximum absolute atomic E-state index is 12.1. The lowest BCUT2D eigenvalue weighted by Crippen LogP contribution is -2.39. The Balaban J connectivity index is 1.19. The molecule has 184 valence electrons. The van der Waals surface area contributed by atoms with Gasteiger partial charge in [0.05, 0.1) is 12.3 Å². The number of aromatic nitrogens is 1. The molecular formula is C29H28N2O5. The van der Waals surface area contributed by atoms with E-state index < -0.39 is 11.5 Å². The topological polar surface area (TPSA) is 91.0 Å². The lowest BCUT2D eigenvalue weighted by molar-refractivity contribution is -0.137. The summed E-state index contributed by atoms with van der Waals surface area (Å²) < 4.78 is 17.5. The minimum Gasteiger partial charge on any atom is -0.494 e. The fraction of sp³-hybridized carbons (Fsp3) is 0.310. The quantitative estimate of drug-likeness (QED) is 0.207. The highest BCUT2D eigenvalue weighted by molar-refractivity contribution is 5.87. The highest BCUT2D eigenvalue weighted by atomic mass is 16.5. The number of carbonyl (C=O) groups is 1. The number of amides is 1. The van der Waals surface area contributed by atoms with Crippen LogP contribution in [0.4, 0.5) is 0 Å². The molecule has 7 nitrogen and oxygen atoms in total. The summed E-state index contributed by atoms with van der Waals surface area (Å²) in [6.07, 6.45) is 3.21. The number of ether oxygens (including phenoxy) is 2. The number of fused-ring (bicyclic) bond motifs is 1. The fourth-order valence-corrected chi connectivity index (χ4v) is 4.76. The molecule has 0 saturated carbocycles. The van der Waals surface area contributed by atoms with Crippen molar-refractivity contribution in [2.24, 2.45) is 5.18 Å². The van der Waals surface area contributed by atoms with Gasteiger partial charge in [0.15, 0.2) is 5.60 Å². The van der Waals surface area contributed by atoms with Crippen molar-refractivity contribution >= 4 is 16.7 Å². The van der Waals surface area contributed by atoms with Crippen LogP contribution >= 0.6 is 0 Å². The molecule has 0 spiro atoms. The number of aryl methyl sites for hydroxylation is 2. The van der Waals surface area contributed by atoms with Crippen molar-refractivity contribution < 1.29 is 18.7 Å². The van der Waals surface area contributed by atoms with E-state index in [4.69, 9.17) is 13.9 Å². The van der Waals surface area contributed by atoms with E-state index >= 15 is 0 Å². The first-order chi connectivity index (χ1) is 17.6. The zero-order chi connectivity index (χ0) is 25.0. The fourth-order valence-electron chi connectivity index (χ4n) is 4.76. The molecule has 36 heavy (non-hydrogen) atoms. The van der Waals surface area contributed by atoms with Gasteiger partial charge < -0.3 is 13.9 Å². The molecule has 1 fully saturated rings. The van der Waals surface area contributed by atoms with E-state index in [9.17, 15) is 9.70 Å². The first-order valence-corrected chi connectivity index (χ1v) is 12.3. The zero-order valence-electron chi connectivity index (χ0n) is 20.2. The Bertz CT molecular complexity index is 1370. The van der Waals surface area contributed by atoms with E-state index in [0.29, 0.717) is 31.9 Å². The van der Waals surface area contributed by atoms with E-state index in [1.54, 1.807) is 0 Å². The molecule has 1 aliphatic rings. The number of benzene rings is 3. The van der Waals surface area contributed by atoms with Gasteiger partial charge in [0.25, 0.3) is 0 Å². The maximum Gasteiger partial charge on any atom is 0.318 e. The Kier molecular flexibility index (Phi) is 6.91.